The number of aliphatic imine (C=N–C) groups is 1. The summed E-state index contributed by atoms with van der Waals surface area (Å²) in [6.45, 7) is 4.09. The number of thiocarbonyl (C=S) groups is 1. The molecule has 0 aliphatic carbocycles. The second kappa shape index (κ2) is 6.38. The van der Waals surface area contributed by atoms with Crippen LogP contribution in [0.1, 0.15) is 25.0 Å². The Balaban J connectivity index is 2.27. The number of anilines is 1. The molecule has 0 unspecified atom stereocenters. The van der Waals surface area contributed by atoms with Crippen LogP contribution in [0.2, 0.25) is 5.02 Å². The summed E-state index contributed by atoms with van der Waals surface area (Å²) in [5.41, 5.74) is 2.58. The van der Waals surface area contributed by atoms with E-state index in [0.29, 0.717) is 21.3 Å². The van der Waals surface area contributed by atoms with Gasteiger partial charge in [-0.15, -0.1) is 0 Å². The van der Waals surface area contributed by atoms with Crippen molar-refractivity contribution >= 4 is 40.2 Å². The predicted molar refractivity (Wildman–Crippen MR) is 98.3 cm³/mol. The maximum atomic E-state index is 14.4. The largest absolute Gasteiger partial charge is 0.348 e. The first-order valence-electron chi connectivity index (χ1n) is 7.41. The Labute approximate surface area is 145 Å². The van der Waals surface area contributed by atoms with Crippen molar-refractivity contribution in [3.05, 3.63) is 64.4 Å². The molecule has 1 N–H and O–H groups in total. The number of benzene rings is 2. The lowest BCUT2D eigenvalue weighted by atomic mass is 9.99. The number of nitrogens with one attached hydrogen (secondary N) is 1. The van der Waals surface area contributed by atoms with Gasteiger partial charge in [0.1, 0.15) is 16.8 Å². The molecule has 3 rings (SSSR count). The van der Waals surface area contributed by atoms with Gasteiger partial charge in [-0.2, -0.15) is 0 Å². The van der Waals surface area contributed by atoms with E-state index in [1.54, 1.807) is 30.3 Å². The molecule has 0 amide bonds. The van der Waals surface area contributed by atoms with E-state index in [9.17, 15) is 4.39 Å². The van der Waals surface area contributed by atoms with Crippen LogP contribution in [0.15, 0.2) is 47.5 Å². The highest BCUT2D eigenvalue weighted by molar-refractivity contribution is 7.80. The molecule has 1 aliphatic heterocycles. The average Bonchev–Trinajstić information content (AvgIpc) is 2.64. The van der Waals surface area contributed by atoms with Crippen LogP contribution in [0.25, 0.3) is 0 Å². The Morgan fingerprint density at radius 3 is 2.61 bits per heavy atom. The second-order valence-corrected chi connectivity index (χ2v) is 6.70. The average molecular weight is 347 g/mol. The Morgan fingerprint density at radius 1 is 1.17 bits per heavy atom. The molecule has 0 spiro atoms. The molecule has 0 aromatic heterocycles. The molecule has 0 fully saturated rings. The minimum Gasteiger partial charge on any atom is -0.348 e. The number of hydrogen-bond donors (Lipinski definition) is 1. The maximum Gasteiger partial charge on any atom is 0.132 e. The Bertz CT molecular complexity index is 801. The van der Waals surface area contributed by atoms with Gasteiger partial charge in [0.25, 0.3) is 0 Å². The van der Waals surface area contributed by atoms with E-state index in [1.165, 1.54) is 6.07 Å². The van der Waals surface area contributed by atoms with Gasteiger partial charge < -0.3 is 5.32 Å². The third kappa shape index (κ3) is 3.14. The molecule has 2 nitrogen and oxygen atoms in total. The number of halogens is 2. The summed E-state index contributed by atoms with van der Waals surface area (Å²) in [6, 6.07) is 11.8. The smallest absolute Gasteiger partial charge is 0.132 e. The van der Waals surface area contributed by atoms with Crippen LogP contribution in [-0.4, -0.2) is 16.7 Å². The van der Waals surface area contributed by atoms with Gasteiger partial charge in [0.05, 0.1) is 5.71 Å². The molecule has 2 aromatic rings. The number of fused-ring (bicyclic) bond motifs is 1. The van der Waals surface area contributed by atoms with Crippen molar-refractivity contribution in [1.82, 2.24) is 0 Å². The topological polar surface area (TPSA) is 24.4 Å². The number of hydrogen-bond acceptors (Lipinski definition) is 2. The quantitative estimate of drug-likeness (QED) is 0.765. The molecule has 1 atom stereocenters. The van der Waals surface area contributed by atoms with Crippen LogP contribution in [0.5, 0.6) is 0 Å². The molecule has 0 radical (unpaired) electrons. The van der Waals surface area contributed by atoms with E-state index < -0.39 is 0 Å². The third-order valence-electron chi connectivity index (χ3n) is 3.79. The molecule has 0 saturated carbocycles. The molecule has 1 heterocycles. The molecule has 0 saturated heterocycles. The van der Waals surface area contributed by atoms with Gasteiger partial charge in [-0.1, -0.05) is 49.8 Å². The van der Waals surface area contributed by atoms with Gasteiger partial charge in [0.15, 0.2) is 0 Å². The summed E-state index contributed by atoms with van der Waals surface area (Å²) >= 11 is 11.6. The van der Waals surface area contributed by atoms with E-state index in [2.05, 4.69) is 5.32 Å². The molecule has 0 bridgehead atoms. The first kappa shape index (κ1) is 16.1. The van der Waals surface area contributed by atoms with Crippen molar-refractivity contribution in [1.29, 1.82) is 0 Å². The molecule has 23 heavy (non-hydrogen) atoms. The first-order valence-corrected chi connectivity index (χ1v) is 8.19. The summed E-state index contributed by atoms with van der Waals surface area (Å²) in [5.74, 6) is -0.117. The molecular formula is C18H16ClFN2S. The van der Waals surface area contributed by atoms with Crippen LogP contribution < -0.4 is 5.32 Å². The van der Waals surface area contributed by atoms with Gasteiger partial charge in [-0.25, -0.2) is 4.39 Å². The van der Waals surface area contributed by atoms with Crippen LogP contribution in [0.3, 0.4) is 0 Å². The van der Waals surface area contributed by atoms with Crippen LogP contribution >= 0.6 is 23.8 Å². The monoisotopic (exact) mass is 346 g/mol. The minimum atomic E-state index is -0.312. The van der Waals surface area contributed by atoms with Gasteiger partial charge >= 0.3 is 0 Å². The van der Waals surface area contributed by atoms with Gasteiger partial charge in [-0.05, 0) is 36.2 Å². The third-order valence-corrected chi connectivity index (χ3v) is 4.37. The van der Waals surface area contributed by atoms with Gasteiger partial charge in [0.2, 0.25) is 0 Å². The summed E-state index contributed by atoms with van der Waals surface area (Å²) in [7, 11) is 0. The summed E-state index contributed by atoms with van der Waals surface area (Å²) in [5, 5.41) is 3.81. The van der Waals surface area contributed by atoms with Crippen LogP contribution in [0.4, 0.5) is 10.1 Å². The highest BCUT2D eigenvalue weighted by atomic mass is 35.5. The Morgan fingerprint density at radius 2 is 1.91 bits per heavy atom. The van der Waals surface area contributed by atoms with E-state index in [0.717, 1.165) is 11.3 Å². The maximum absolute atomic E-state index is 14.4. The molecular weight excluding hydrogens is 331 g/mol. The summed E-state index contributed by atoms with van der Waals surface area (Å²) < 4.78 is 14.4. The highest BCUT2D eigenvalue weighted by Gasteiger charge is 2.26. The van der Waals surface area contributed by atoms with E-state index in [-0.39, 0.29) is 17.8 Å². The van der Waals surface area contributed by atoms with Crippen molar-refractivity contribution in [2.45, 2.75) is 19.9 Å². The zero-order chi connectivity index (χ0) is 16.6. The second-order valence-electron chi connectivity index (χ2n) is 5.83. The standard InChI is InChI=1S/C18H16ClFN2S/c1-10(2)16-18(23)21-15-8-7-11(19)9-13(15)17(22-16)12-5-3-4-6-14(12)20/h3-10,16H,1-2H3,(H,21,23)/t16-/m1/s1. The SMILES string of the molecule is CC(C)[C@H]1N=C(c2ccccc2F)c2cc(Cl)ccc2NC1=S. The molecule has 1 aliphatic rings. The molecule has 5 heteroatoms. The summed E-state index contributed by atoms with van der Waals surface area (Å²) in [6.07, 6.45) is 0. The fraction of sp³-hybridized carbons (Fsp3) is 0.222. The van der Waals surface area contributed by atoms with Crippen molar-refractivity contribution in [2.75, 3.05) is 5.32 Å². The van der Waals surface area contributed by atoms with E-state index in [4.69, 9.17) is 28.8 Å². The number of rotatable bonds is 2. The number of nitrogens with zero attached hydrogens (tertiary/aromatic N) is 1. The lowest BCUT2D eigenvalue weighted by Crippen LogP contribution is -2.28. The van der Waals surface area contributed by atoms with Crippen LogP contribution in [-0.2, 0) is 0 Å². The minimum absolute atomic E-state index is 0.196. The lowest BCUT2D eigenvalue weighted by Gasteiger charge is -2.17. The lowest BCUT2D eigenvalue weighted by molar-refractivity contribution is 0.600. The number of benzodiazepines with no additional fused rings is 1. The fourth-order valence-electron chi connectivity index (χ4n) is 2.62. The summed E-state index contributed by atoms with van der Waals surface area (Å²) in [4.78, 5) is 5.42. The fourth-order valence-corrected chi connectivity index (χ4v) is 3.22. The van der Waals surface area contributed by atoms with Gasteiger partial charge in [-0.3, -0.25) is 4.99 Å². The Hall–Kier alpha value is -1.78. The normalized spacial score (nSPS) is 17.3. The van der Waals surface area contributed by atoms with E-state index in [1.807, 2.05) is 19.9 Å². The van der Waals surface area contributed by atoms with Gasteiger partial charge in [0, 0.05) is 21.8 Å². The predicted octanol–water partition coefficient (Wildman–Crippen LogP) is 5.09. The first-order chi connectivity index (χ1) is 11.0. The zero-order valence-corrected chi connectivity index (χ0v) is 14.4. The van der Waals surface area contributed by atoms with Crippen molar-refractivity contribution in [2.24, 2.45) is 10.9 Å². The highest BCUT2D eigenvalue weighted by Crippen LogP contribution is 2.29. The Kier molecular flexibility index (Phi) is 4.46. The van der Waals surface area contributed by atoms with E-state index >= 15 is 0 Å². The molecule has 2 aromatic carbocycles. The zero-order valence-electron chi connectivity index (χ0n) is 12.8. The van der Waals surface area contributed by atoms with Crippen molar-refractivity contribution in [3.8, 4) is 0 Å². The van der Waals surface area contributed by atoms with Crippen molar-refractivity contribution < 1.29 is 4.39 Å². The van der Waals surface area contributed by atoms with Crippen molar-refractivity contribution in [3.63, 3.8) is 0 Å². The van der Waals surface area contributed by atoms with Crippen LogP contribution in [0, 0.1) is 11.7 Å². The molecule has 118 valence electrons.